The Morgan fingerprint density at radius 2 is 1.96 bits per heavy atom. The number of amides is 1. The van der Waals surface area contributed by atoms with Gasteiger partial charge in [-0.3, -0.25) is 9.59 Å². The van der Waals surface area contributed by atoms with Gasteiger partial charge in [-0.05, 0) is 57.2 Å². The van der Waals surface area contributed by atoms with Crippen molar-refractivity contribution in [3.05, 3.63) is 39.2 Å². The minimum absolute atomic E-state index is 0.306. The number of nitrogens with one attached hydrogen (secondary N) is 1. The number of carbonyl (C=O) groups excluding carboxylic acids is 1. The first-order chi connectivity index (χ1) is 12.4. The number of aryl methyl sites for hydroxylation is 2. The fourth-order valence-corrected chi connectivity index (χ4v) is 3.30. The first-order valence-electron chi connectivity index (χ1n) is 8.62. The Bertz CT molecular complexity index is 930. The van der Waals surface area contributed by atoms with Gasteiger partial charge in [0.25, 0.3) is 5.91 Å². The first-order valence-corrected chi connectivity index (χ1v) is 8.62. The van der Waals surface area contributed by atoms with Crippen molar-refractivity contribution in [1.29, 1.82) is 0 Å². The Hall–Kier alpha value is -2.83. The zero-order valence-corrected chi connectivity index (χ0v) is 14.8. The Balaban J connectivity index is 1.91. The zero-order valence-electron chi connectivity index (χ0n) is 14.8. The Kier molecular flexibility index (Phi) is 4.97. The van der Waals surface area contributed by atoms with Gasteiger partial charge in [0.2, 0.25) is 0 Å². The lowest BCUT2D eigenvalue weighted by molar-refractivity contribution is -0.139. The van der Waals surface area contributed by atoms with Crippen LogP contribution in [0, 0.1) is 6.92 Å². The molecule has 0 fully saturated rings. The molecule has 0 aliphatic heterocycles. The second kappa shape index (κ2) is 7.19. The highest BCUT2D eigenvalue weighted by atomic mass is 16.5. The van der Waals surface area contributed by atoms with Gasteiger partial charge < -0.3 is 19.6 Å². The van der Waals surface area contributed by atoms with Crippen LogP contribution >= 0.6 is 0 Å². The van der Waals surface area contributed by atoms with E-state index in [9.17, 15) is 14.4 Å². The maximum atomic E-state index is 12.3. The van der Waals surface area contributed by atoms with Crippen LogP contribution in [0.4, 0.5) is 0 Å². The van der Waals surface area contributed by atoms with Crippen LogP contribution in [0.1, 0.15) is 36.5 Å². The molecule has 2 aromatic rings. The number of carboxylic acid groups (broad SMARTS) is 1. The topological polar surface area (TPSA) is 106 Å². The van der Waals surface area contributed by atoms with Crippen molar-refractivity contribution in [3.8, 4) is 5.75 Å². The minimum Gasteiger partial charge on any atom is -0.480 e. The molecule has 1 aromatic heterocycles. The summed E-state index contributed by atoms with van der Waals surface area (Å²) in [5, 5.41) is 11.8. The van der Waals surface area contributed by atoms with Crippen molar-refractivity contribution in [2.24, 2.45) is 0 Å². The van der Waals surface area contributed by atoms with Gasteiger partial charge in [-0.2, -0.15) is 0 Å². The van der Waals surface area contributed by atoms with Crippen LogP contribution in [0.2, 0.25) is 0 Å². The van der Waals surface area contributed by atoms with E-state index >= 15 is 0 Å². The van der Waals surface area contributed by atoms with Crippen molar-refractivity contribution < 1.29 is 23.8 Å². The Labute approximate surface area is 150 Å². The van der Waals surface area contributed by atoms with Crippen molar-refractivity contribution in [2.75, 3.05) is 6.54 Å². The standard InChI is InChI=1S/C19H21NO6/c1-10-15(25-11(2)18(23)20-9-16(21)22)8-7-13-12-5-3-4-6-14(12)19(24)26-17(10)13/h7-8,11H,3-6,9H2,1-2H3,(H,20,23)(H,21,22)/t11-/m1/s1. The normalized spacial score (nSPS) is 14.5. The van der Waals surface area contributed by atoms with Crippen molar-refractivity contribution in [1.82, 2.24) is 5.32 Å². The van der Waals surface area contributed by atoms with Crippen LogP contribution in [0.5, 0.6) is 5.75 Å². The number of fused-ring (bicyclic) bond motifs is 3. The van der Waals surface area contributed by atoms with Crippen molar-refractivity contribution in [3.63, 3.8) is 0 Å². The number of carbonyl (C=O) groups is 2. The minimum atomic E-state index is -1.13. The third-order valence-electron chi connectivity index (χ3n) is 4.68. The molecule has 1 amide bonds. The summed E-state index contributed by atoms with van der Waals surface area (Å²) in [5.74, 6) is -1.23. The second-order valence-electron chi connectivity index (χ2n) is 6.49. The lowest BCUT2D eigenvalue weighted by atomic mass is 9.90. The van der Waals surface area contributed by atoms with Gasteiger partial charge >= 0.3 is 11.6 Å². The summed E-state index contributed by atoms with van der Waals surface area (Å²) in [5.41, 5.74) is 2.62. The first kappa shape index (κ1) is 18.0. The van der Waals surface area contributed by atoms with Crippen LogP contribution < -0.4 is 15.7 Å². The summed E-state index contributed by atoms with van der Waals surface area (Å²) in [4.78, 5) is 34.7. The smallest absolute Gasteiger partial charge is 0.339 e. The van der Waals surface area contributed by atoms with Gasteiger partial charge in [0, 0.05) is 16.5 Å². The molecule has 1 aliphatic carbocycles. The molecular weight excluding hydrogens is 338 g/mol. The van der Waals surface area contributed by atoms with Crippen molar-refractivity contribution >= 4 is 22.8 Å². The quantitative estimate of drug-likeness (QED) is 0.791. The fourth-order valence-electron chi connectivity index (χ4n) is 3.30. The predicted molar refractivity (Wildman–Crippen MR) is 94.6 cm³/mol. The summed E-state index contributed by atoms with van der Waals surface area (Å²) in [6.07, 6.45) is 2.75. The van der Waals surface area contributed by atoms with Gasteiger partial charge in [-0.25, -0.2) is 4.79 Å². The van der Waals surface area contributed by atoms with E-state index in [1.807, 2.05) is 6.07 Å². The molecule has 3 rings (SSSR count). The predicted octanol–water partition coefficient (Wildman–Crippen LogP) is 1.95. The summed E-state index contributed by atoms with van der Waals surface area (Å²) in [6.45, 7) is 2.84. The molecule has 0 bridgehead atoms. The van der Waals surface area contributed by atoms with Crippen LogP contribution in [-0.2, 0) is 22.4 Å². The van der Waals surface area contributed by atoms with Crippen LogP contribution in [0.25, 0.3) is 11.0 Å². The molecule has 0 unspecified atom stereocenters. The molecular formula is C19H21NO6. The average molecular weight is 359 g/mol. The third-order valence-corrected chi connectivity index (χ3v) is 4.68. The van der Waals surface area contributed by atoms with Gasteiger partial charge in [-0.15, -0.1) is 0 Å². The number of benzene rings is 1. The van der Waals surface area contributed by atoms with Crippen LogP contribution in [0.15, 0.2) is 21.3 Å². The van der Waals surface area contributed by atoms with E-state index in [2.05, 4.69) is 5.32 Å². The summed E-state index contributed by atoms with van der Waals surface area (Å²) in [6, 6.07) is 3.61. The van der Waals surface area contributed by atoms with E-state index in [0.29, 0.717) is 16.9 Å². The molecule has 0 radical (unpaired) electrons. The monoisotopic (exact) mass is 359 g/mol. The highest BCUT2D eigenvalue weighted by molar-refractivity contribution is 5.87. The molecule has 138 valence electrons. The van der Waals surface area contributed by atoms with E-state index in [4.69, 9.17) is 14.3 Å². The number of aliphatic carboxylic acids is 1. The van der Waals surface area contributed by atoms with Crippen LogP contribution in [-0.4, -0.2) is 29.6 Å². The lowest BCUT2D eigenvalue weighted by Crippen LogP contribution is -2.39. The van der Waals surface area contributed by atoms with Gasteiger partial charge in [0.15, 0.2) is 6.10 Å². The highest BCUT2D eigenvalue weighted by Crippen LogP contribution is 2.32. The molecule has 1 atom stereocenters. The summed E-state index contributed by atoms with van der Waals surface area (Å²) in [7, 11) is 0. The van der Waals surface area contributed by atoms with Gasteiger partial charge in [0.05, 0.1) is 0 Å². The van der Waals surface area contributed by atoms with Gasteiger partial charge in [0.1, 0.15) is 17.9 Å². The van der Waals surface area contributed by atoms with E-state index < -0.39 is 24.5 Å². The zero-order chi connectivity index (χ0) is 18.8. The number of rotatable bonds is 5. The molecule has 1 heterocycles. The van der Waals surface area contributed by atoms with Crippen LogP contribution in [0.3, 0.4) is 0 Å². The van der Waals surface area contributed by atoms with Crippen molar-refractivity contribution in [2.45, 2.75) is 45.6 Å². The summed E-state index contributed by atoms with van der Waals surface area (Å²) >= 11 is 0. The van der Waals surface area contributed by atoms with Gasteiger partial charge in [-0.1, -0.05) is 0 Å². The molecule has 1 aromatic carbocycles. The number of carboxylic acids is 1. The molecule has 7 heteroatoms. The molecule has 0 saturated carbocycles. The number of ether oxygens (including phenoxy) is 1. The Morgan fingerprint density at radius 1 is 1.27 bits per heavy atom. The summed E-state index contributed by atoms with van der Waals surface area (Å²) < 4.78 is 11.2. The molecule has 2 N–H and O–H groups in total. The van der Waals surface area contributed by atoms with E-state index in [-0.39, 0.29) is 5.63 Å². The number of hydrogen-bond donors (Lipinski definition) is 2. The highest BCUT2D eigenvalue weighted by Gasteiger charge is 2.22. The molecule has 0 spiro atoms. The van der Waals surface area contributed by atoms with E-state index in [1.165, 1.54) is 6.92 Å². The maximum Gasteiger partial charge on any atom is 0.339 e. The molecule has 26 heavy (non-hydrogen) atoms. The largest absolute Gasteiger partial charge is 0.480 e. The lowest BCUT2D eigenvalue weighted by Gasteiger charge is -2.19. The Morgan fingerprint density at radius 3 is 2.65 bits per heavy atom. The molecule has 1 aliphatic rings. The SMILES string of the molecule is Cc1c(O[C@H](C)C(=O)NCC(=O)O)ccc2c3c(c(=O)oc12)CCCC3. The fraction of sp³-hybridized carbons (Fsp3) is 0.421. The van der Waals surface area contributed by atoms with E-state index in [1.54, 1.807) is 13.0 Å². The third kappa shape index (κ3) is 3.42. The van der Waals surface area contributed by atoms with E-state index in [0.717, 1.165) is 42.2 Å². The number of hydrogen-bond acceptors (Lipinski definition) is 5. The second-order valence-corrected chi connectivity index (χ2v) is 6.49. The average Bonchev–Trinajstić information content (AvgIpc) is 2.62. The molecule has 7 nitrogen and oxygen atoms in total. The maximum absolute atomic E-state index is 12.3. The molecule has 0 saturated heterocycles.